The van der Waals surface area contributed by atoms with Crippen LogP contribution in [0.4, 0.5) is 0 Å². The van der Waals surface area contributed by atoms with Gasteiger partial charge in [-0.3, -0.25) is 4.79 Å². The van der Waals surface area contributed by atoms with Crippen LogP contribution in [0.15, 0.2) is 33.8 Å². The molecule has 0 aromatic carbocycles. The lowest BCUT2D eigenvalue weighted by atomic mass is 9.93. The van der Waals surface area contributed by atoms with E-state index in [4.69, 9.17) is 0 Å². The van der Waals surface area contributed by atoms with E-state index in [2.05, 4.69) is 14.7 Å². The number of nitrogens with zero attached hydrogens (tertiary/aromatic N) is 2. The van der Waals surface area contributed by atoms with Crippen molar-refractivity contribution in [1.29, 1.82) is 0 Å². The Balaban J connectivity index is 2.33. The summed E-state index contributed by atoms with van der Waals surface area (Å²) in [4.78, 5) is 30.1. The summed E-state index contributed by atoms with van der Waals surface area (Å²) >= 11 is 0. The van der Waals surface area contributed by atoms with Crippen molar-refractivity contribution in [3.63, 3.8) is 0 Å². The third-order valence-electron chi connectivity index (χ3n) is 2.18. The summed E-state index contributed by atoms with van der Waals surface area (Å²) < 4.78 is 4.56. The molecule has 0 N–H and O–H groups in total. The molecule has 1 amide bonds. The molecule has 0 saturated heterocycles. The van der Waals surface area contributed by atoms with E-state index >= 15 is 0 Å². The van der Waals surface area contributed by atoms with Gasteiger partial charge in [0.15, 0.2) is 0 Å². The van der Waals surface area contributed by atoms with Crippen molar-refractivity contribution >= 4 is 23.9 Å². The van der Waals surface area contributed by atoms with Gasteiger partial charge in [-0.05, 0) is 12.2 Å². The van der Waals surface area contributed by atoms with Crippen LogP contribution in [0.25, 0.3) is 0 Å². The van der Waals surface area contributed by atoms with Crippen LogP contribution >= 0.6 is 0 Å². The Labute approximate surface area is 85.9 Å². The van der Waals surface area contributed by atoms with Crippen molar-refractivity contribution in [2.75, 3.05) is 7.11 Å². The zero-order chi connectivity index (χ0) is 10.8. The number of rotatable bonds is 1. The van der Waals surface area contributed by atoms with Gasteiger partial charge in [-0.2, -0.15) is 0 Å². The molecule has 0 saturated carbocycles. The van der Waals surface area contributed by atoms with Gasteiger partial charge in [-0.25, -0.2) is 14.8 Å². The molecule has 2 aliphatic rings. The van der Waals surface area contributed by atoms with E-state index in [-0.39, 0.29) is 5.91 Å². The standard InChI is InChI=1S/C10H8N2O3/c1-15-10(14)6-2-3-8-7(4-6)9(13)12-5-11-8/h2-5,7H,1H3. The SMILES string of the molecule is COC(=O)C1=CC2C(=O)N=CN=C2C=C1. The zero-order valence-corrected chi connectivity index (χ0v) is 8.01. The van der Waals surface area contributed by atoms with Crippen LogP contribution in [-0.2, 0) is 14.3 Å². The summed E-state index contributed by atoms with van der Waals surface area (Å²) in [5.41, 5.74) is 0.953. The average molecular weight is 204 g/mol. The number of methoxy groups -OCH3 is 1. The number of hydrogen-bond donors (Lipinski definition) is 0. The van der Waals surface area contributed by atoms with E-state index in [1.807, 2.05) is 0 Å². The highest BCUT2D eigenvalue weighted by Gasteiger charge is 2.27. The predicted molar refractivity (Wildman–Crippen MR) is 53.7 cm³/mol. The molecular weight excluding hydrogens is 196 g/mol. The summed E-state index contributed by atoms with van der Waals surface area (Å²) in [7, 11) is 1.29. The van der Waals surface area contributed by atoms with Crippen LogP contribution in [0.5, 0.6) is 0 Å². The van der Waals surface area contributed by atoms with Crippen molar-refractivity contribution in [1.82, 2.24) is 0 Å². The summed E-state index contributed by atoms with van der Waals surface area (Å²) in [5.74, 6) is -1.33. The average Bonchev–Trinajstić information content (AvgIpc) is 2.28. The zero-order valence-electron chi connectivity index (χ0n) is 8.01. The van der Waals surface area contributed by atoms with Gasteiger partial charge in [-0.1, -0.05) is 6.08 Å². The summed E-state index contributed by atoms with van der Waals surface area (Å²) in [6.45, 7) is 0. The minimum atomic E-state index is -0.547. The second-order valence-corrected chi connectivity index (χ2v) is 3.06. The second kappa shape index (κ2) is 3.61. The number of esters is 1. The monoisotopic (exact) mass is 204 g/mol. The summed E-state index contributed by atoms with van der Waals surface area (Å²) in [5, 5.41) is 0. The van der Waals surface area contributed by atoms with Crippen molar-refractivity contribution in [2.45, 2.75) is 0 Å². The Bertz CT molecular complexity index is 444. The molecule has 1 heterocycles. The van der Waals surface area contributed by atoms with E-state index in [1.165, 1.54) is 19.5 Å². The van der Waals surface area contributed by atoms with Gasteiger partial charge in [0.05, 0.1) is 18.4 Å². The number of carbonyl (C=O) groups excluding carboxylic acids is 2. The van der Waals surface area contributed by atoms with Crippen LogP contribution in [0, 0.1) is 5.92 Å². The first-order chi connectivity index (χ1) is 7.22. The Morgan fingerprint density at radius 1 is 1.47 bits per heavy atom. The molecule has 1 unspecified atom stereocenters. The molecule has 0 bridgehead atoms. The predicted octanol–water partition coefficient (Wildman–Crippen LogP) is 0.281. The fourth-order valence-corrected chi connectivity index (χ4v) is 1.41. The first-order valence-electron chi connectivity index (χ1n) is 4.34. The highest BCUT2D eigenvalue weighted by Crippen LogP contribution is 2.19. The van der Waals surface area contributed by atoms with Gasteiger partial charge in [0.2, 0.25) is 0 Å². The summed E-state index contributed by atoms with van der Waals surface area (Å²) in [6, 6.07) is 0. The molecule has 1 atom stereocenters. The van der Waals surface area contributed by atoms with Gasteiger partial charge in [0.25, 0.3) is 5.91 Å². The molecule has 0 spiro atoms. The lowest BCUT2D eigenvalue weighted by Gasteiger charge is -2.16. The first-order valence-corrected chi connectivity index (χ1v) is 4.34. The topological polar surface area (TPSA) is 68.1 Å². The molecule has 0 aromatic rings. The number of ether oxygens (including phenoxy) is 1. The van der Waals surface area contributed by atoms with Crippen LogP contribution in [0.2, 0.25) is 0 Å². The highest BCUT2D eigenvalue weighted by molar-refractivity contribution is 6.19. The number of allylic oxidation sites excluding steroid dienone is 1. The van der Waals surface area contributed by atoms with Gasteiger partial charge < -0.3 is 4.74 Å². The van der Waals surface area contributed by atoms with Crippen molar-refractivity contribution in [3.8, 4) is 0 Å². The Kier molecular flexibility index (Phi) is 2.29. The van der Waals surface area contributed by atoms with Crippen LogP contribution < -0.4 is 0 Å². The fourth-order valence-electron chi connectivity index (χ4n) is 1.41. The Morgan fingerprint density at radius 3 is 3.00 bits per heavy atom. The molecule has 0 fully saturated rings. The first kappa shape index (κ1) is 9.51. The number of hydrogen-bond acceptors (Lipinski definition) is 4. The van der Waals surface area contributed by atoms with Crippen LogP contribution in [0.3, 0.4) is 0 Å². The quantitative estimate of drug-likeness (QED) is 0.576. The molecule has 5 heteroatoms. The van der Waals surface area contributed by atoms with E-state index in [9.17, 15) is 9.59 Å². The number of carbonyl (C=O) groups is 2. The normalized spacial score (nSPS) is 23.0. The smallest absolute Gasteiger partial charge is 0.337 e. The van der Waals surface area contributed by atoms with E-state index < -0.39 is 11.9 Å². The molecule has 76 valence electrons. The fraction of sp³-hybridized carbons (Fsp3) is 0.200. The lowest BCUT2D eigenvalue weighted by Crippen LogP contribution is -2.26. The van der Waals surface area contributed by atoms with Crippen LogP contribution in [0.1, 0.15) is 0 Å². The maximum absolute atomic E-state index is 11.4. The molecule has 0 aromatic heterocycles. The third kappa shape index (κ3) is 1.63. The molecule has 5 nitrogen and oxygen atoms in total. The molecule has 15 heavy (non-hydrogen) atoms. The highest BCUT2D eigenvalue weighted by atomic mass is 16.5. The lowest BCUT2D eigenvalue weighted by molar-refractivity contribution is -0.135. The van der Waals surface area contributed by atoms with Gasteiger partial charge in [0, 0.05) is 0 Å². The van der Waals surface area contributed by atoms with E-state index in [0.29, 0.717) is 11.3 Å². The van der Waals surface area contributed by atoms with Gasteiger partial charge >= 0.3 is 5.97 Å². The summed E-state index contributed by atoms with van der Waals surface area (Å²) in [6.07, 6.45) is 5.94. The minimum Gasteiger partial charge on any atom is -0.465 e. The van der Waals surface area contributed by atoms with Crippen LogP contribution in [-0.4, -0.2) is 31.0 Å². The van der Waals surface area contributed by atoms with E-state index in [1.54, 1.807) is 12.2 Å². The van der Waals surface area contributed by atoms with Gasteiger partial charge in [-0.15, -0.1) is 0 Å². The molecule has 2 rings (SSSR count). The Morgan fingerprint density at radius 2 is 2.27 bits per heavy atom. The minimum absolute atomic E-state index is 0.314. The number of fused-ring (bicyclic) bond motifs is 1. The molecular formula is C10H8N2O3. The van der Waals surface area contributed by atoms with Crippen molar-refractivity contribution in [3.05, 3.63) is 23.8 Å². The van der Waals surface area contributed by atoms with Crippen molar-refractivity contribution in [2.24, 2.45) is 15.9 Å². The maximum atomic E-state index is 11.4. The molecule has 0 radical (unpaired) electrons. The third-order valence-corrected chi connectivity index (χ3v) is 2.18. The Hall–Kier alpha value is -2.04. The molecule has 1 aliphatic carbocycles. The largest absolute Gasteiger partial charge is 0.465 e. The molecule has 1 aliphatic heterocycles. The van der Waals surface area contributed by atoms with Gasteiger partial charge in [0.1, 0.15) is 12.3 Å². The van der Waals surface area contributed by atoms with E-state index in [0.717, 1.165) is 0 Å². The number of aliphatic imine (C=N–C) groups is 2. The maximum Gasteiger partial charge on any atom is 0.337 e. The van der Waals surface area contributed by atoms with Crippen molar-refractivity contribution < 1.29 is 14.3 Å². The second-order valence-electron chi connectivity index (χ2n) is 3.06. The number of amides is 1.